The van der Waals surface area contributed by atoms with Gasteiger partial charge in [-0.15, -0.1) is 11.3 Å². The Balaban J connectivity index is 1.19. The van der Waals surface area contributed by atoms with Gasteiger partial charge in [0.25, 0.3) is 0 Å². The number of likely N-dealkylation sites (tertiary alicyclic amines) is 1. The molecule has 3 amide bonds. The molecular formula is C24H25N3O3S. The van der Waals surface area contributed by atoms with Crippen molar-refractivity contribution in [1.82, 2.24) is 9.88 Å². The second-order valence-electron chi connectivity index (χ2n) is 8.51. The molecule has 1 saturated heterocycles. The molecule has 6 nitrogen and oxygen atoms in total. The third-order valence-electron chi connectivity index (χ3n) is 6.56. The molecule has 2 aliphatic carbocycles. The Kier molecular flexibility index (Phi) is 5.44. The maximum Gasteiger partial charge on any atom is 0.233 e. The molecule has 160 valence electrons. The quantitative estimate of drug-likeness (QED) is 0.569. The Morgan fingerprint density at radius 3 is 2.52 bits per heavy atom. The van der Waals surface area contributed by atoms with Crippen LogP contribution in [0.2, 0.25) is 0 Å². The molecule has 2 aromatic rings. The number of aromatic nitrogens is 1. The number of carbonyl (C=O) groups is 3. The average Bonchev–Trinajstić information content (AvgIpc) is 3.35. The van der Waals surface area contributed by atoms with Crippen LogP contribution < -0.4 is 5.32 Å². The second-order valence-corrected chi connectivity index (χ2v) is 9.37. The number of anilines is 1. The number of allylic oxidation sites excluding steroid dienone is 2. The van der Waals surface area contributed by atoms with Gasteiger partial charge in [-0.2, -0.15) is 0 Å². The third-order valence-corrected chi connectivity index (χ3v) is 7.31. The molecular weight excluding hydrogens is 410 g/mol. The molecule has 1 aliphatic heterocycles. The van der Waals surface area contributed by atoms with E-state index in [1.54, 1.807) is 0 Å². The normalized spacial score (nSPS) is 22.4. The van der Waals surface area contributed by atoms with E-state index in [0.717, 1.165) is 24.1 Å². The Labute approximate surface area is 185 Å². The van der Waals surface area contributed by atoms with Gasteiger partial charge < -0.3 is 5.32 Å². The van der Waals surface area contributed by atoms with Crippen molar-refractivity contribution in [3.63, 3.8) is 0 Å². The van der Waals surface area contributed by atoms with E-state index in [1.165, 1.54) is 40.2 Å². The highest BCUT2D eigenvalue weighted by atomic mass is 32.1. The van der Waals surface area contributed by atoms with Crippen LogP contribution in [0.4, 0.5) is 5.13 Å². The molecule has 1 N–H and O–H groups in total. The fourth-order valence-electron chi connectivity index (χ4n) is 4.84. The van der Waals surface area contributed by atoms with E-state index in [-0.39, 0.29) is 42.5 Å². The monoisotopic (exact) mass is 435 g/mol. The van der Waals surface area contributed by atoms with Crippen LogP contribution in [0.3, 0.4) is 0 Å². The number of imide groups is 1. The molecule has 7 heteroatoms. The van der Waals surface area contributed by atoms with Crippen molar-refractivity contribution < 1.29 is 14.4 Å². The van der Waals surface area contributed by atoms with E-state index >= 15 is 0 Å². The van der Waals surface area contributed by atoms with Gasteiger partial charge >= 0.3 is 0 Å². The molecule has 1 fully saturated rings. The number of hydrogen-bond donors (Lipinski definition) is 1. The summed E-state index contributed by atoms with van der Waals surface area (Å²) in [4.78, 5) is 43.3. The van der Waals surface area contributed by atoms with Gasteiger partial charge in [-0.05, 0) is 55.7 Å². The van der Waals surface area contributed by atoms with E-state index in [9.17, 15) is 14.4 Å². The average molecular weight is 436 g/mol. The Morgan fingerprint density at radius 2 is 1.77 bits per heavy atom. The van der Waals surface area contributed by atoms with Crippen LogP contribution in [0.5, 0.6) is 0 Å². The van der Waals surface area contributed by atoms with Gasteiger partial charge in [0.2, 0.25) is 17.7 Å². The summed E-state index contributed by atoms with van der Waals surface area (Å²) in [7, 11) is 0. The van der Waals surface area contributed by atoms with Gasteiger partial charge in [-0.1, -0.05) is 24.3 Å². The lowest BCUT2D eigenvalue weighted by Gasteiger charge is -2.16. The number of nitrogens with one attached hydrogen (secondary N) is 1. The molecule has 0 radical (unpaired) electrons. The minimum atomic E-state index is -0.251. The molecule has 0 spiro atoms. The summed E-state index contributed by atoms with van der Waals surface area (Å²) in [6.07, 6.45) is 9.98. The van der Waals surface area contributed by atoms with Crippen molar-refractivity contribution in [2.45, 2.75) is 44.9 Å². The van der Waals surface area contributed by atoms with E-state index in [1.807, 2.05) is 17.5 Å². The Bertz CT molecular complexity index is 1050. The van der Waals surface area contributed by atoms with Crippen molar-refractivity contribution in [1.29, 1.82) is 0 Å². The summed E-state index contributed by atoms with van der Waals surface area (Å²) in [5.74, 6) is -1.02. The lowest BCUT2D eigenvalue weighted by molar-refractivity contribution is -0.140. The Morgan fingerprint density at radius 1 is 1.06 bits per heavy atom. The number of aryl methyl sites for hydroxylation is 2. The first-order chi connectivity index (χ1) is 15.1. The van der Waals surface area contributed by atoms with Crippen LogP contribution in [0.25, 0.3) is 11.3 Å². The van der Waals surface area contributed by atoms with Gasteiger partial charge in [0.05, 0.1) is 17.5 Å². The topological polar surface area (TPSA) is 79.4 Å². The van der Waals surface area contributed by atoms with Crippen LogP contribution >= 0.6 is 11.3 Å². The molecule has 31 heavy (non-hydrogen) atoms. The van der Waals surface area contributed by atoms with Crippen LogP contribution in [0.1, 0.15) is 43.2 Å². The minimum Gasteiger partial charge on any atom is -0.302 e. The fraction of sp³-hybridized carbons (Fsp3) is 0.417. The predicted octanol–water partition coefficient (Wildman–Crippen LogP) is 3.97. The summed E-state index contributed by atoms with van der Waals surface area (Å²) >= 11 is 1.39. The third kappa shape index (κ3) is 3.94. The van der Waals surface area contributed by atoms with E-state index in [2.05, 4.69) is 28.5 Å². The Hall–Kier alpha value is -2.80. The number of carbonyl (C=O) groups excluding carboxylic acids is 3. The number of amides is 3. The SMILES string of the molecule is O=C(CCN1C(=O)[C@H]2CC=CC[C@@H]2C1=O)Nc1nc(-c2ccc3c(c2)CCCC3)cs1. The van der Waals surface area contributed by atoms with E-state index < -0.39 is 0 Å². The highest BCUT2D eigenvalue weighted by Crippen LogP contribution is 2.35. The predicted molar refractivity (Wildman–Crippen MR) is 120 cm³/mol. The molecule has 2 heterocycles. The standard InChI is InChI=1S/C24H25N3O3S/c28-21(11-12-27-22(29)18-7-3-4-8-19(18)23(27)30)26-24-25-20(14-31-24)17-10-9-15-5-1-2-6-16(15)13-17/h3-4,9-10,13-14,18-19H,1-2,5-8,11-12H2,(H,25,26,28)/t18-,19-/m0/s1. The molecule has 0 unspecified atom stereocenters. The summed E-state index contributed by atoms with van der Waals surface area (Å²) in [6, 6.07) is 6.51. The molecule has 3 aliphatic rings. The zero-order valence-electron chi connectivity index (χ0n) is 17.3. The summed E-state index contributed by atoms with van der Waals surface area (Å²) in [5.41, 5.74) is 4.76. The lowest BCUT2D eigenvalue weighted by atomic mass is 9.85. The second kappa shape index (κ2) is 8.38. The summed E-state index contributed by atoms with van der Waals surface area (Å²) < 4.78 is 0. The van der Waals surface area contributed by atoms with Crippen molar-refractivity contribution in [2.24, 2.45) is 11.8 Å². The van der Waals surface area contributed by atoms with Gasteiger partial charge in [-0.3, -0.25) is 19.3 Å². The maximum absolute atomic E-state index is 12.5. The molecule has 1 aromatic heterocycles. The summed E-state index contributed by atoms with van der Waals surface area (Å²) in [6.45, 7) is 0.125. The van der Waals surface area contributed by atoms with Crippen LogP contribution in [0, 0.1) is 11.8 Å². The number of hydrogen-bond acceptors (Lipinski definition) is 5. The number of thiazole rings is 1. The van der Waals surface area contributed by atoms with E-state index in [4.69, 9.17) is 0 Å². The fourth-order valence-corrected chi connectivity index (χ4v) is 5.58. The van der Waals surface area contributed by atoms with Gasteiger partial charge in [-0.25, -0.2) is 4.98 Å². The number of benzene rings is 1. The van der Waals surface area contributed by atoms with Crippen molar-refractivity contribution >= 4 is 34.2 Å². The van der Waals surface area contributed by atoms with Crippen molar-refractivity contribution in [3.05, 3.63) is 46.9 Å². The summed E-state index contributed by atoms with van der Waals surface area (Å²) in [5, 5.41) is 5.30. The number of fused-ring (bicyclic) bond motifs is 2. The molecule has 5 rings (SSSR count). The smallest absolute Gasteiger partial charge is 0.233 e. The zero-order valence-corrected chi connectivity index (χ0v) is 18.1. The lowest BCUT2D eigenvalue weighted by Crippen LogP contribution is -2.34. The number of nitrogens with zero attached hydrogens (tertiary/aromatic N) is 2. The first kappa shape index (κ1) is 20.1. The van der Waals surface area contributed by atoms with Crippen molar-refractivity contribution in [3.8, 4) is 11.3 Å². The van der Waals surface area contributed by atoms with Gasteiger partial charge in [0.1, 0.15) is 0 Å². The minimum absolute atomic E-state index is 0.0815. The van der Waals surface area contributed by atoms with Crippen LogP contribution in [0.15, 0.2) is 35.7 Å². The zero-order chi connectivity index (χ0) is 21.4. The maximum atomic E-state index is 12.5. The molecule has 0 bridgehead atoms. The molecule has 2 atom stereocenters. The van der Waals surface area contributed by atoms with Crippen molar-refractivity contribution in [2.75, 3.05) is 11.9 Å². The highest BCUT2D eigenvalue weighted by Gasteiger charge is 2.46. The highest BCUT2D eigenvalue weighted by molar-refractivity contribution is 7.14. The van der Waals surface area contributed by atoms with Gasteiger partial charge in [0, 0.05) is 23.9 Å². The first-order valence-electron chi connectivity index (χ1n) is 11.0. The molecule has 0 saturated carbocycles. The van der Waals surface area contributed by atoms with Crippen LogP contribution in [-0.4, -0.2) is 34.2 Å². The molecule has 1 aromatic carbocycles. The van der Waals surface area contributed by atoms with E-state index in [0.29, 0.717) is 18.0 Å². The number of rotatable bonds is 5. The largest absolute Gasteiger partial charge is 0.302 e. The van der Waals surface area contributed by atoms with Gasteiger partial charge in [0.15, 0.2) is 5.13 Å². The van der Waals surface area contributed by atoms with Crippen LogP contribution in [-0.2, 0) is 27.2 Å². The first-order valence-corrected chi connectivity index (χ1v) is 11.9.